The maximum absolute atomic E-state index is 4.48. The Hall–Kier alpha value is -1.98. The molecule has 5 heteroatoms. The lowest BCUT2D eigenvalue weighted by atomic mass is 10.1. The van der Waals surface area contributed by atoms with Crippen molar-refractivity contribution in [3.8, 4) is 11.3 Å². The molecule has 0 aliphatic carbocycles. The lowest BCUT2D eigenvalue weighted by Crippen LogP contribution is -2.40. The molecule has 0 fully saturated rings. The van der Waals surface area contributed by atoms with E-state index in [0.717, 1.165) is 24.6 Å². The van der Waals surface area contributed by atoms with Crippen LogP contribution < -0.4 is 5.32 Å². The Morgan fingerprint density at radius 2 is 1.84 bits per heavy atom. The minimum Gasteiger partial charge on any atom is -0.369 e. The number of nitrogens with one attached hydrogen (secondary N) is 1. The number of aromatic nitrogens is 2. The third-order valence-electron chi connectivity index (χ3n) is 4.43. The zero-order valence-electron chi connectivity index (χ0n) is 15.4. The smallest absolute Gasteiger partial charge is 0.129 e. The second kappa shape index (κ2) is 7.93. The van der Waals surface area contributed by atoms with E-state index in [9.17, 15) is 0 Å². The summed E-state index contributed by atoms with van der Waals surface area (Å²) >= 11 is 1.76. The molecule has 132 valence electrons. The number of hydrogen-bond acceptors (Lipinski definition) is 5. The van der Waals surface area contributed by atoms with Gasteiger partial charge in [-0.05, 0) is 33.8 Å². The third-order valence-corrected chi connectivity index (χ3v) is 5.39. The lowest BCUT2D eigenvalue weighted by Gasteiger charge is -2.30. The number of anilines is 1. The van der Waals surface area contributed by atoms with E-state index in [1.165, 1.54) is 15.6 Å². The molecule has 25 heavy (non-hydrogen) atoms. The normalized spacial score (nSPS) is 11.8. The second-order valence-electron chi connectivity index (χ2n) is 6.79. The molecule has 2 aromatic heterocycles. The molecule has 1 N–H and O–H groups in total. The summed E-state index contributed by atoms with van der Waals surface area (Å²) in [4.78, 5) is 11.3. The first kappa shape index (κ1) is 17.8. The van der Waals surface area contributed by atoms with Crippen LogP contribution in [0, 0.1) is 0 Å². The first-order chi connectivity index (χ1) is 12.1. The van der Waals surface area contributed by atoms with Crippen molar-refractivity contribution >= 4 is 27.2 Å². The van der Waals surface area contributed by atoms with Gasteiger partial charge < -0.3 is 5.32 Å². The molecule has 0 saturated heterocycles. The maximum Gasteiger partial charge on any atom is 0.129 e. The number of nitrogens with zero attached hydrogens (tertiary/aromatic N) is 3. The van der Waals surface area contributed by atoms with Crippen molar-refractivity contribution in [2.24, 2.45) is 0 Å². The van der Waals surface area contributed by atoms with Gasteiger partial charge in [-0.2, -0.15) is 0 Å². The van der Waals surface area contributed by atoms with Crippen LogP contribution in [0.2, 0.25) is 0 Å². The van der Waals surface area contributed by atoms with E-state index >= 15 is 0 Å². The van der Waals surface area contributed by atoms with Gasteiger partial charge >= 0.3 is 0 Å². The highest BCUT2D eigenvalue weighted by molar-refractivity contribution is 7.17. The molecule has 0 saturated carbocycles. The van der Waals surface area contributed by atoms with Crippen LogP contribution in [-0.4, -0.2) is 40.0 Å². The van der Waals surface area contributed by atoms with Crippen LogP contribution in [0.3, 0.4) is 0 Å². The van der Waals surface area contributed by atoms with E-state index < -0.39 is 0 Å². The monoisotopic (exact) mass is 354 g/mol. The van der Waals surface area contributed by atoms with Crippen LogP contribution in [0.5, 0.6) is 0 Å². The molecule has 3 rings (SSSR count). The average Bonchev–Trinajstić information content (AvgIpc) is 3.02. The molecule has 0 atom stereocenters. The van der Waals surface area contributed by atoms with Crippen LogP contribution in [0.4, 0.5) is 5.82 Å². The van der Waals surface area contributed by atoms with Crippen LogP contribution in [0.25, 0.3) is 21.3 Å². The third kappa shape index (κ3) is 4.17. The lowest BCUT2D eigenvalue weighted by molar-refractivity contribution is 0.182. The van der Waals surface area contributed by atoms with E-state index in [1.54, 1.807) is 17.7 Å². The number of rotatable bonds is 7. The Morgan fingerprint density at radius 1 is 1.08 bits per heavy atom. The highest BCUT2D eigenvalue weighted by atomic mass is 32.1. The molecular formula is C20H26N4S. The highest BCUT2D eigenvalue weighted by Crippen LogP contribution is 2.33. The van der Waals surface area contributed by atoms with E-state index in [-0.39, 0.29) is 0 Å². The summed E-state index contributed by atoms with van der Waals surface area (Å²) in [6.45, 7) is 10.8. The fraction of sp³-hybridized carbons (Fsp3) is 0.400. The number of benzene rings is 1. The maximum atomic E-state index is 4.48. The Balaban J connectivity index is 1.72. The van der Waals surface area contributed by atoms with Gasteiger partial charge in [0.1, 0.15) is 12.1 Å². The number of thiophene rings is 1. The van der Waals surface area contributed by atoms with Gasteiger partial charge in [0.15, 0.2) is 0 Å². The van der Waals surface area contributed by atoms with Gasteiger partial charge in [-0.15, -0.1) is 11.3 Å². The van der Waals surface area contributed by atoms with Gasteiger partial charge in [-0.1, -0.05) is 18.2 Å². The zero-order chi connectivity index (χ0) is 17.8. The van der Waals surface area contributed by atoms with Crippen molar-refractivity contribution in [1.82, 2.24) is 14.9 Å². The van der Waals surface area contributed by atoms with Crippen LogP contribution in [-0.2, 0) is 0 Å². The summed E-state index contributed by atoms with van der Waals surface area (Å²) < 4.78 is 1.29. The van der Waals surface area contributed by atoms with Gasteiger partial charge in [0.05, 0.1) is 5.69 Å². The highest BCUT2D eigenvalue weighted by Gasteiger charge is 2.13. The Bertz CT molecular complexity index is 817. The molecule has 0 spiro atoms. The molecule has 0 amide bonds. The van der Waals surface area contributed by atoms with Crippen molar-refractivity contribution < 1.29 is 0 Å². The predicted octanol–water partition coefficient (Wildman–Crippen LogP) is 4.89. The second-order valence-corrected chi connectivity index (χ2v) is 7.70. The molecule has 0 unspecified atom stereocenters. The summed E-state index contributed by atoms with van der Waals surface area (Å²) in [5.41, 5.74) is 2.15. The van der Waals surface area contributed by atoms with Crippen molar-refractivity contribution in [1.29, 1.82) is 0 Å². The van der Waals surface area contributed by atoms with Gasteiger partial charge in [0.2, 0.25) is 0 Å². The summed E-state index contributed by atoms with van der Waals surface area (Å²) in [7, 11) is 0. The fourth-order valence-corrected chi connectivity index (χ4v) is 4.16. The largest absolute Gasteiger partial charge is 0.369 e. The van der Waals surface area contributed by atoms with Gasteiger partial charge in [0, 0.05) is 52.3 Å². The fourth-order valence-electron chi connectivity index (χ4n) is 3.20. The minimum atomic E-state index is 0.542. The first-order valence-corrected chi connectivity index (χ1v) is 9.72. The Kier molecular flexibility index (Phi) is 5.66. The molecular weight excluding hydrogens is 328 g/mol. The summed E-state index contributed by atoms with van der Waals surface area (Å²) in [5, 5.41) is 6.88. The SMILES string of the molecule is CC(C)N(CCNc1cc(-c2csc3ccccc23)ncn1)C(C)C. The van der Waals surface area contributed by atoms with E-state index in [2.05, 4.69) is 77.5 Å². The molecule has 2 heterocycles. The zero-order valence-corrected chi connectivity index (χ0v) is 16.2. The molecule has 0 radical (unpaired) electrons. The van der Waals surface area contributed by atoms with Crippen LogP contribution in [0.1, 0.15) is 27.7 Å². The molecule has 3 aromatic rings. The van der Waals surface area contributed by atoms with E-state index in [1.807, 2.05) is 6.07 Å². The summed E-state index contributed by atoms with van der Waals surface area (Å²) in [6, 6.07) is 11.6. The Morgan fingerprint density at radius 3 is 2.60 bits per heavy atom. The molecule has 0 bridgehead atoms. The summed E-state index contributed by atoms with van der Waals surface area (Å²) in [6.07, 6.45) is 1.65. The first-order valence-electron chi connectivity index (χ1n) is 8.84. The number of fused-ring (bicyclic) bond motifs is 1. The Labute approximate surface area is 153 Å². The standard InChI is InChI=1S/C20H26N4S/c1-14(2)24(15(3)4)10-9-21-20-11-18(22-13-23-20)17-12-25-19-8-6-5-7-16(17)19/h5-8,11-15H,9-10H2,1-4H3,(H,21,22,23). The minimum absolute atomic E-state index is 0.542. The van der Waals surface area contributed by atoms with Crippen LogP contribution in [0.15, 0.2) is 42.0 Å². The van der Waals surface area contributed by atoms with Crippen molar-refractivity contribution in [3.05, 3.63) is 42.0 Å². The average molecular weight is 355 g/mol. The molecule has 0 aliphatic rings. The van der Waals surface area contributed by atoms with E-state index in [0.29, 0.717) is 12.1 Å². The van der Waals surface area contributed by atoms with E-state index in [4.69, 9.17) is 0 Å². The molecule has 0 aliphatic heterocycles. The number of hydrogen-bond donors (Lipinski definition) is 1. The van der Waals surface area contributed by atoms with Gasteiger partial charge in [-0.25, -0.2) is 9.97 Å². The molecule has 4 nitrogen and oxygen atoms in total. The van der Waals surface area contributed by atoms with Crippen LogP contribution >= 0.6 is 11.3 Å². The van der Waals surface area contributed by atoms with Crippen molar-refractivity contribution in [2.75, 3.05) is 18.4 Å². The topological polar surface area (TPSA) is 41.0 Å². The van der Waals surface area contributed by atoms with Gasteiger partial charge in [-0.3, -0.25) is 4.90 Å². The summed E-state index contributed by atoms with van der Waals surface area (Å²) in [5.74, 6) is 0.882. The quantitative estimate of drug-likeness (QED) is 0.656. The molecule has 1 aromatic carbocycles. The van der Waals surface area contributed by atoms with Gasteiger partial charge in [0.25, 0.3) is 0 Å². The van der Waals surface area contributed by atoms with Crippen molar-refractivity contribution in [3.63, 3.8) is 0 Å². The predicted molar refractivity (Wildman–Crippen MR) is 108 cm³/mol. The van der Waals surface area contributed by atoms with Crippen molar-refractivity contribution in [2.45, 2.75) is 39.8 Å².